The number of benzene rings is 1. The molecule has 4 heteroatoms. The van der Waals surface area contributed by atoms with Crippen molar-refractivity contribution in [2.24, 2.45) is 0 Å². The molecule has 1 aliphatic rings. The number of carboxylic acid groups (broad SMARTS) is 1. The molecule has 0 saturated carbocycles. The van der Waals surface area contributed by atoms with Gasteiger partial charge in [-0.25, -0.2) is 4.79 Å². The van der Waals surface area contributed by atoms with Crippen molar-refractivity contribution in [2.75, 3.05) is 13.1 Å². The molecule has 1 heterocycles. The number of aromatic carboxylic acids is 1. The predicted octanol–water partition coefficient (Wildman–Crippen LogP) is 1.78. The summed E-state index contributed by atoms with van der Waals surface area (Å²) in [5.41, 5.74) is 0.157. The molecule has 104 valence electrons. The Hall–Kier alpha value is -1.39. The molecule has 4 nitrogen and oxygen atoms in total. The summed E-state index contributed by atoms with van der Waals surface area (Å²) in [6.07, 6.45) is 1.70. The van der Waals surface area contributed by atoms with Crippen molar-refractivity contribution in [2.45, 2.75) is 37.7 Å². The van der Waals surface area contributed by atoms with E-state index in [1.54, 1.807) is 12.1 Å². The first kappa shape index (κ1) is 14.0. The quantitative estimate of drug-likeness (QED) is 0.777. The van der Waals surface area contributed by atoms with Crippen molar-refractivity contribution in [3.63, 3.8) is 0 Å². The zero-order valence-corrected chi connectivity index (χ0v) is 11.4. The van der Waals surface area contributed by atoms with Crippen molar-refractivity contribution < 1.29 is 15.0 Å². The van der Waals surface area contributed by atoms with Gasteiger partial charge in [-0.3, -0.25) is 0 Å². The Bertz CT molecular complexity index is 453. The monoisotopic (exact) mass is 263 g/mol. The van der Waals surface area contributed by atoms with E-state index in [0.29, 0.717) is 0 Å². The van der Waals surface area contributed by atoms with Crippen LogP contribution in [0.25, 0.3) is 0 Å². The maximum absolute atomic E-state index is 10.9. The van der Waals surface area contributed by atoms with E-state index in [0.717, 1.165) is 31.5 Å². The standard InChI is InChI=1S/C15H21NO3/c1-14(2,19)15(7-9-16-10-8-15)12-5-3-11(4-6-12)13(17)18/h3-6,16,19H,7-10H2,1-2H3,(H,17,18). The molecular weight excluding hydrogens is 242 g/mol. The van der Waals surface area contributed by atoms with E-state index in [2.05, 4.69) is 5.32 Å². The summed E-state index contributed by atoms with van der Waals surface area (Å²) in [5.74, 6) is -0.922. The van der Waals surface area contributed by atoms with Gasteiger partial charge in [0.1, 0.15) is 0 Å². The summed E-state index contributed by atoms with van der Waals surface area (Å²) in [7, 11) is 0. The minimum absolute atomic E-state index is 0.281. The van der Waals surface area contributed by atoms with Crippen LogP contribution in [0.2, 0.25) is 0 Å². The van der Waals surface area contributed by atoms with Crippen molar-refractivity contribution in [1.29, 1.82) is 0 Å². The Morgan fingerprint density at radius 1 is 1.21 bits per heavy atom. The van der Waals surface area contributed by atoms with Crippen LogP contribution in [-0.2, 0) is 5.41 Å². The van der Waals surface area contributed by atoms with Crippen molar-refractivity contribution in [1.82, 2.24) is 5.32 Å². The Balaban J connectivity index is 2.41. The second kappa shape index (κ2) is 4.94. The van der Waals surface area contributed by atoms with Crippen molar-refractivity contribution >= 4 is 5.97 Å². The first-order valence-corrected chi connectivity index (χ1v) is 6.64. The van der Waals surface area contributed by atoms with Crippen LogP contribution >= 0.6 is 0 Å². The number of piperidine rings is 1. The highest BCUT2D eigenvalue weighted by atomic mass is 16.4. The highest BCUT2D eigenvalue weighted by molar-refractivity contribution is 5.87. The number of hydrogen-bond acceptors (Lipinski definition) is 3. The van der Waals surface area contributed by atoms with E-state index in [9.17, 15) is 9.90 Å². The van der Waals surface area contributed by atoms with E-state index in [-0.39, 0.29) is 11.0 Å². The summed E-state index contributed by atoms with van der Waals surface area (Å²) >= 11 is 0. The molecular formula is C15H21NO3. The highest BCUT2D eigenvalue weighted by Crippen LogP contribution is 2.42. The van der Waals surface area contributed by atoms with Crippen molar-refractivity contribution in [3.05, 3.63) is 35.4 Å². The fourth-order valence-corrected chi connectivity index (χ4v) is 3.04. The van der Waals surface area contributed by atoms with Gasteiger partial charge in [-0.15, -0.1) is 0 Å². The first-order valence-electron chi connectivity index (χ1n) is 6.64. The van der Waals surface area contributed by atoms with E-state index in [1.807, 2.05) is 26.0 Å². The van der Waals surface area contributed by atoms with Gasteiger partial charge in [0.15, 0.2) is 0 Å². The summed E-state index contributed by atoms with van der Waals surface area (Å²) < 4.78 is 0. The largest absolute Gasteiger partial charge is 0.478 e. The zero-order chi connectivity index (χ0) is 14.1. The van der Waals surface area contributed by atoms with E-state index in [4.69, 9.17) is 5.11 Å². The second-order valence-electron chi connectivity index (χ2n) is 5.77. The van der Waals surface area contributed by atoms with Crippen LogP contribution in [0.4, 0.5) is 0 Å². The van der Waals surface area contributed by atoms with Crippen LogP contribution < -0.4 is 5.32 Å². The van der Waals surface area contributed by atoms with Gasteiger partial charge < -0.3 is 15.5 Å². The number of aliphatic hydroxyl groups is 1. The third-order valence-electron chi connectivity index (χ3n) is 4.31. The van der Waals surface area contributed by atoms with Gasteiger partial charge >= 0.3 is 5.97 Å². The number of carbonyl (C=O) groups is 1. The minimum atomic E-state index is -0.922. The lowest BCUT2D eigenvalue weighted by Crippen LogP contribution is -2.53. The SMILES string of the molecule is CC(C)(O)C1(c2ccc(C(=O)O)cc2)CCNCC1. The fraction of sp³-hybridized carbons (Fsp3) is 0.533. The molecule has 0 amide bonds. The number of nitrogens with one attached hydrogen (secondary N) is 1. The number of carboxylic acids is 1. The maximum atomic E-state index is 10.9. The van der Waals surface area contributed by atoms with Crippen LogP contribution in [0.3, 0.4) is 0 Å². The smallest absolute Gasteiger partial charge is 0.335 e. The average Bonchev–Trinajstić information content (AvgIpc) is 2.38. The minimum Gasteiger partial charge on any atom is -0.478 e. The van der Waals surface area contributed by atoms with Gasteiger partial charge in [-0.05, 0) is 57.5 Å². The molecule has 19 heavy (non-hydrogen) atoms. The number of rotatable bonds is 3. The molecule has 2 rings (SSSR count). The predicted molar refractivity (Wildman–Crippen MR) is 73.5 cm³/mol. The van der Waals surface area contributed by atoms with Crippen LogP contribution in [0.1, 0.15) is 42.6 Å². The van der Waals surface area contributed by atoms with Gasteiger partial charge in [-0.2, -0.15) is 0 Å². The lowest BCUT2D eigenvalue weighted by atomic mass is 9.63. The Morgan fingerprint density at radius 2 is 1.74 bits per heavy atom. The molecule has 1 aromatic carbocycles. The van der Waals surface area contributed by atoms with Crippen molar-refractivity contribution in [3.8, 4) is 0 Å². The molecule has 0 radical (unpaired) electrons. The molecule has 0 aliphatic carbocycles. The van der Waals surface area contributed by atoms with Gasteiger partial charge in [0.05, 0.1) is 11.2 Å². The first-order chi connectivity index (χ1) is 8.87. The Morgan fingerprint density at radius 3 is 2.16 bits per heavy atom. The summed E-state index contributed by atoms with van der Waals surface area (Å²) in [4.78, 5) is 10.9. The molecule has 0 atom stereocenters. The number of hydrogen-bond donors (Lipinski definition) is 3. The average molecular weight is 263 g/mol. The van der Waals surface area contributed by atoms with Crippen LogP contribution in [0, 0.1) is 0 Å². The van der Waals surface area contributed by atoms with E-state index >= 15 is 0 Å². The normalized spacial score (nSPS) is 19.1. The van der Waals surface area contributed by atoms with Gasteiger partial charge in [0.25, 0.3) is 0 Å². The van der Waals surface area contributed by atoms with Crippen LogP contribution in [0.15, 0.2) is 24.3 Å². The van der Waals surface area contributed by atoms with Gasteiger partial charge in [-0.1, -0.05) is 12.1 Å². The Kier molecular flexibility index (Phi) is 3.65. The van der Waals surface area contributed by atoms with Crippen LogP contribution in [0.5, 0.6) is 0 Å². The molecule has 3 N–H and O–H groups in total. The molecule has 1 fully saturated rings. The molecule has 0 unspecified atom stereocenters. The summed E-state index contributed by atoms with van der Waals surface area (Å²) in [5, 5.41) is 22.8. The zero-order valence-electron chi connectivity index (χ0n) is 11.4. The second-order valence-corrected chi connectivity index (χ2v) is 5.77. The fourth-order valence-electron chi connectivity index (χ4n) is 3.04. The lowest BCUT2D eigenvalue weighted by Gasteiger charge is -2.47. The highest BCUT2D eigenvalue weighted by Gasteiger charge is 2.45. The van der Waals surface area contributed by atoms with E-state index in [1.165, 1.54) is 0 Å². The summed E-state index contributed by atoms with van der Waals surface area (Å²) in [6.45, 7) is 5.40. The van der Waals surface area contributed by atoms with Gasteiger partial charge in [0.2, 0.25) is 0 Å². The lowest BCUT2D eigenvalue weighted by molar-refractivity contribution is -0.0229. The van der Waals surface area contributed by atoms with Crippen LogP contribution in [-0.4, -0.2) is 34.9 Å². The molecule has 0 bridgehead atoms. The van der Waals surface area contributed by atoms with Gasteiger partial charge in [0, 0.05) is 5.41 Å². The van der Waals surface area contributed by atoms with E-state index < -0.39 is 11.6 Å². The molecule has 1 aromatic rings. The molecule has 1 aliphatic heterocycles. The third-order valence-corrected chi connectivity index (χ3v) is 4.31. The molecule has 0 spiro atoms. The molecule has 1 saturated heterocycles. The Labute approximate surface area is 113 Å². The maximum Gasteiger partial charge on any atom is 0.335 e. The summed E-state index contributed by atoms with van der Waals surface area (Å²) in [6, 6.07) is 6.92. The molecule has 0 aromatic heterocycles. The third kappa shape index (κ3) is 2.51. The topological polar surface area (TPSA) is 69.6 Å².